The first kappa shape index (κ1) is 23.8. The van der Waals surface area contributed by atoms with Gasteiger partial charge in [-0.1, -0.05) is 44.2 Å². The smallest absolute Gasteiger partial charge is 0.271 e. The molecule has 0 fully saturated rings. The molecule has 0 radical (unpaired) electrons. The molecule has 0 aliphatic heterocycles. The molecular formula is C24H24N4O4S2. The van der Waals surface area contributed by atoms with E-state index in [1.165, 1.54) is 50.8 Å². The Morgan fingerprint density at radius 2 is 1.74 bits per heavy atom. The zero-order valence-corrected chi connectivity index (χ0v) is 20.4. The summed E-state index contributed by atoms with van der Waals surface area (Å²) < 4.78 is 28.3. The van der Waals surface area contributed by atoms with Crippen LogP contribution in [0.3, 0.4) is 0 Å². The van der Waals surface area contributed by atoms with Gasteiger partial charge >= 0.3 is 0 Å². The van der Waals surface area contributed by atoms with Gasteiger partial charge in [0.25, 0.3) is 5.56 Å². The first-order valence-electron chi connectivity index (χ1n) is 10.8. The molecule has 0 saturated carbocycles. The normalized spacial score (nSPS) is 11.7. The minimum absolute atomic E-state index is 0.159. The van der Waals surface area contributed by atoms with Crippen LogP contribution in [0.1, 0.15) is 13.8 Å². The first-order chi connectivity index (χ1) is 16.3. The number of aromatic nitrogens is 2. The number of hydrogen-bond donors (Lipinski definition) is 1. The summed E-state index contributed by atoms with van der Waals surface area (Å²) in [5.74, 6) is -0.414. The van der Waals surface area contributed by atoms with Gasteiger partial charge in [0.15, 0.2) is 0 Å². The van der Waals surface area contributed by atoms with Crippen LogP contribution in [0.2, 0.25) is 0 Å². The molecule has 0 aliphatic rings. The third-order valence-corrected chi connectivity index (χ3v) is 8.58. The zero-order chi connectivity index (χ0) is 24.3. The minimum atomic E-state index is -3.57. The van der Waals surface area contributed by atoms with E-state index in [-0.39, 0.29) is 17.0 Å². The lowest BCUT2D eigenvalue weighted by atomic mass is 10.2. The number of nitrogens with zero attached hydrogens (tertiary/aromatic N) is 3. The van der Waals surface area contributed by atoms with Gasteiger partial charge in [-0.15, -0.1) is 11.3 Å². The molecule has 0 unspecified atom stereocenters. The van der Waals surface area contributed by atoms with Crippen molar-refractivity contribution in [2.45, 2.75) is 25.3 Å². The van der Waals surface area contributed by atoms with Crippen LogP contribution in [0.4, 0.5) is 5.69 Å². The Labute approximate surface area is 201 Å². The second-order valence-electron chi connectivity index (χ2n) is 7.53. The van der Waals surface area contributed by atoms with E-state index >= 15 is 0 Å². The summed E-state index contributed by atoms with van der Waals surface area (Å²) in [6.45, 7) is 4.10. The van der Waals surface area contributed by atoms with E-state index in [0.717, 1.165) is 10.4 Å². The number of amides is 1. The zero-order valence-electron chi connectivity index (χ0n) is 18.8. The SMILES string of the molecule is CCN(CC)S(=O)(=O)c1ccc(NC(=O)Cn2cnc3cc(-c4ccccc4)sc3c2=O)cc1. The topological polar surface area (TPSA) is 101 Å². The summed E-state index contributed by atoms with van der Waals surface area (Å²) in [4.78, 5) is 30.9. The monoisotopic (exact) mass is 496 g/mol. The highest BCUT2D eigenvalue weighted by Gasteiger charge is 2.21. The molecule has 34 heavy (non-hydrogen) atoms. The third kappa shape index (κ3) is 4.79. The van der Waals surface area contributed by atoms with Gasteiger partial charge in [0.1, 0.15) is 11.2 Å². The van der Waals surface area contributed by atoms with Crippen LogP contribution < -0.4 is 10.9 Å². The molecule has 176 valence electrons. The van der Waals surface area contributed by atoms with Crippen molar-refractivity contribution in [2.75, 3.05) is 18.4 Å². The highest BCUT2D eigenvalue weighted by atomic mass is 32.2. The molecule has 2 aromatic heterocycles. The van der Waals surface area contributed by atoms with E-state index in [1.807, 2.05) is 36.4 Å². The molecule has 0 atom stereocenters. The summed E-state index contributed by atoms with van der Waals surface area (Å²) in [6, 6.07) is 17.6. The van der Waals surface area contributed by atoms with Gasteiger partial charge < -0.3 is 5.32 Å². The Morgan fingerprint density at radius 3 is 2.38 bits per heavy atom. The lowest BCUT2D eigenvalue weighted by Crippen LogP contribution is -2.30. The van der Waals surface area contributed by atoms with Gasteiger partial charge in [-0.05, 0) is 35.9 Å². The predicted octanol–water partition coefficient (Wildman–Crippen LogP) is 3.79. The number of hydrogen-bond acceptors (Lipinski definition) is 6. The molecule has 0 aliphatic carbocycles. The quantitative estimate of drug-likeness (QED) is 0.400. The van der Waals surface area contributed by atoms with Crippen molar-refractivity contribution in [3.8, 4) is 10.4 Å². The highest BCUT2D eigenvalue weighted by Crippen LogP contribution is 2.30. The molecule has 0 saturated heterocycles. The third-order valence-electron chi connectivity index (χ3n) is 5.36. The van der Waals surface area contributed by atoms with E-state index in [2.05, 4.69) is 10.3 Å². The average Bonchev–Trinajstić information content (AvgIpc) is 3.28. The summed E-state index contributed by atoms with van der Waals surface area (Å²) in [7, 11) is -3.57. The van der Waals surface area contributed by atoms with Crippen LogP contribution in [-0.2, 0) is 21.4 Å². The number of sulfonamides is 1. The fourth-order valence-corrected chi connectivity index (χ4v) is 6.10. The van der Waals surface area contributed by atoms with E-state index in [0.29, 0.717) is 29.0 Å². The highest BCUT2D eigenvalue weighted by molar-refractivity contribution is 7.89. The number of anilines is 1. The number of fused-ring (bicyclic) bond motifs is 1. The average molecular weight is 497 g/mol. The van der Waals surface area contributed by atoms with Crippen molar-refractivity contribution < 1.29 is 13.2 Å². The van der Waals surface area contributed by atoms with Gasteiger partial charge in [0.05, 0.1) is 16.7 Å². The van der Waals surface area contributed by atoms with Crippen LogP contribution in [0.5, 0.6) is 0 Å². The van der Waals surface area contributed by atoms with E-state index in [1.54, 1.807) is 13.8 Å². The maximum absolute atomic E-state index is 12.9. The second kappa shape index (κ2) is 9.88. The van der Waals surface area contributed by atoms with E-state index < -0.39 is 15.9 Å². The molecule has 4 rings (SSSR count). The van der Waals surface area contributed by atoms with Gasteiger partial charge in [0.2, 0.25) is 15.9 Å². The van der Waals surface area contributed by atoms with Crippen molar-refractivity contribution in [3.05, 3.63) is 77.3 Å². The number of carbonyl (C=O) groups excluding carboxylic acids is 1. The maximum Gasteiger partial charge on any atom is 0.271 e. The lowest BCUT2D eigenvalue weighted by Gasteiger charge is -2.18. The van der Waals surface area contributed by atoms with Crippen molar-refractivity contribution in [1.29, 1.82) is 0 Å². The molecule has 8 nitrogen and oxygen atoms in total. The molecule has 0 bridgehead atoms. The number of thiophene rings is 1. The predicted molar refractivity (Wildman–Crippen MR) is 134 cm³/mol. The second-order valence-corrected chi connectivity index (χ2v) is 10.5. The molecule has 4 aromatic rings. The maximum atomic E-state index is 12.9. The molecule has 1 N–H and O–H groups in total. The summed E-state index contributed by atoms with van der Waals surface area (Å²) in [5, 5.41) is 2.70. The lowest BCUT2D eigenvalue weighted by molar-refractivity contribution is -0.116. The number of nitrogens with one attached hydrogen (secondary N) is 1. The fraction of sp³-hybridized carbons (Fsp3) is 0.208. The van der Waals surface area contributed by atoms with E-state index in [9.17, 15) is 18.0 Å². The Balaban J connectivity index is 1.49. The minimum Gasteiger partial charge on any atom is -0.325 e. The summed E-state index contributed by atoms with van der Waals surface area (Å²) in [6.07, 6.45) is 1.37. The molecule has 2 heterocycles. The van der Waals surface area contributed by atoms with Crippen molar-refractivity contribution in [2.24, 2.45) is 0 Å². The molecular weight excluding hydrogens is 472 g/mol. The Hall–Kier alpha value is -3.34. The van der Waals surface area contributed by atoms with Gasteiger partial charge in [0, 0.05) is 23.7 Å². The largest absolute Gasteiger partial charge is 0.325 e. The van der Waals surface area contributed by atoms with Crippen molar-refractivity contribution in [3.63, 3.8) is 0 Å². The van der Waals surface area contributed by atoms with Gasteiger partial charge in [-0.2, -0.15) is 4.31 Å². The Morgan fingerprint density at radius 1 is 1.06 bits per heavy atom. The number of carbonyl (C=O) groups is 1. The first-order valence-corrected chi connectivity index (χ1v) is 13.0. The standard InChI is InChI=1S/C24H24N4O4S2/c1-3-28(4-2)34(31,32)19-12-10-18(11-13-19)26-22(29)15-27-16-25-20-14-21(33-23(20)24(27)30)17-8-6-5-7-9-17/h5-14,16H,3-4,15H2,1-2H3,(H,26,29). The number of rotatable bonds is 8. The summed E-state index contributed by atoms with van der Waals surface area (Å²) >= 11 is 1.34. The van der Waals surface area contributed by atoms with Gasteiger partial charge in [-0.3, -0.25) is 14.2 Å². The van der Waals surface area contributed by atoms with Crippen LogP contribution in [-0.4, -0.2) is 41.3 Å². The van der Waals surface area contributed by atoms with E-state index in [4.69, 9.17) is 0 Å². The van der Waals surface area contributed by atoms with Crippen molar-refractivity contribution >= 4 is 43.2 Å². The van der Waals surface area contributed by atoms with Crippen LogP contribution in [0.25, 0.3) is 20.7 Å². The Bertz CT molecular complexity index is 1470. The molecule has 0 spiro atoms. The Kier molecular flexibility index (Phi) is 6.92. The summed E-state index contributed by atoms with van der Waals surface area (Å²) in [5.41, 5.74) is 1.75. The fourth-order valence-electron chi connectivity index (χ4n) is 3.58. The van der Waals surface area contributed by atoms with Gasteiger partial charge in [-0.25, -0.2) is 13.4 Å². The van der Waals surface area contributed by atoms with Crippen LogP contribution >= 0.6 is 11.3 Å². The van der Waals surface area contributed by atoms with Crippen LogP contribution in [0.15, 0.2) is 76.7 Å². The van der Waals surface area contributed by atoms with Crippen molar-refractivity contribution in [1.82, 2.24) is 13.9 Å². The molecule has 2 aromatic carbocycles. The molecule has 1 amide bonds. The number of benzene rings is 2. The van der Waals surface area contributed by atoms with Crippen LogP contribution in [0, 0.1) is 0 Å². The molecule has 10 heteroatoms.